The molecule has 18 heavy (non-hydrogen) atoms. The fraction of sp³-hybridized carbons (Fsp3) is 0.857. The van der Waals surface area contributed by atoms with Crippen LogP contribution in [0.3, 0.4) is 0 Å². The highest BCUT2D eigenvalue weighted by Crippen LogP contribution is 2.40. The Hall–Kier alpha value is -0.420. The molecule has 104 valence electrons. The van der Waals surface area contributed by atoms with E-state index in [-0.39, 0.29) is 17.7 Å². The Morgan fingerprint density at radius 3 is 2.33 bits per heavy atom. The van der Waals surface area contributed by atoms with Gasteiger partial charge in [0.1, 0.15) is 0 Å². The summed E-state index contributed by atoms with van der Waals surface area (Å²) < 4.78 is 11.4. The molecule has 2 rings (SSSR count). The maximum absolute atomic E-state index is 9.72. The summed E-state index contributed by atoms with van der Waals surface area (Å²) in [7, 11) is 0. The van der Waals surface area contributed by atoms with Crippen LogP contribution in [0.25, 0.3) is 0 Å². The number of hydrogen-bond acceptors (Lipinski definition) is 4. The molecule has 1 aliphatic carbocycles. The summed E-state index contributed by atoms with van der Waals surface area (Å²) in [6.07, 6.45) is 5.16. The lowest BCUT2D eigenvalue weighted by atomic mass is 9.76. The Morgan fingerprint density at radius 2 is 1.89 bits per heavy atom. The van der Waals surface area contributed by atoms with Gasteiger partial charge in [-0.1, -0.05) is 6.08 Å². The van der Waals surface area contributed by atoms with Crippen LogP contribution < -0.4 is 5.73 Å². The second-order valence-corrected chi connectivity index (χ2v) is 5.58. The van der Waals surface area contributed by atoms with Crippen LogP contribution in [0.2, 0.25) is 0 Å². The Kier molecular flexibility index (Phi) is 4.43. The Balaban J connectivity index is 1.90. The molecule has 3 N–H and O–H groups in total. The van der Waals surface area contributed by atoms with E-state index in [1.807, 2.05) is 0 Å². The van der Waals surface area contributed by atoms with Crippen molar-refractivity contribution in [1.82, 2.24) is 0 Å². The van der Waals surface area contributed by atoms with Gasteiger partial charge in [-0.2, -0.15) is 0 Å². The predicted octanol–water partition coefficient (Wildman–Crippen LogP) is 1.43. The van der Waals surface area contributed by atoms with Crippen LogP contribution in [0.1, 0.15) is 32.6 Å². The molecule has 0 amide bonds. The monoisotopic (exact) mass is 255 g/mol. The average molecular weight is 255 g/mol. The molecule has 1 spiro atoms. The van der Waals surface area contributed by atoms with Gasteiger partial charge in [-0.25, -0.2) is 0 Å². The van der Waals surface area contributed by atoms with Gasteiger partial charge < -0.3 is 20.3 Å². The second kappa shape index (κ2) is 5.70. The van der Waals surface area contributed by atoms with Gasteiger partial charge in [0.05, 0.1) is 19.3 Å². The molecule has 4 nitrogen and oxygen atoms in total. The van der Waals surface area contributed by atoms with Crippen LogP contribution in [0.5, 0.6) is 0 Å². The van der Waals surface area contributed by atoms with E-state index >= 15 is 0 Å². The van der Waals surface area contributed by atoms with Crippen LogP contribution in [-0.2, 0) is 9.47 Å². The van der Waals surface area contributed by atoms with Gasteiger partial charge in [-0.3, -0.25) is 0 Å². The topological polar surface area (TPSA) is 64.7 Å². The zero-order valence-electron chi connectivity index (χ0n) is 11.2. The number of aliphatic hydroxyl groups excluding tert-OH is 1. The molecule has 1 saturated heterocycles. The van der Waals surface area contributed by atoms with Gasteiger partial charge in [0.15, 0.2) is 5.79 Å². The van der Waals surface area contributed by atoms with Crippen LogP contribution in [0.15, 0.2) is 12.7 Å². The van der Waals surface area contributed by atoms with Crippen molar-refractivity contribution in [1.29, 1.82) is 0 Å². The van der Waals surface area contributed by atoms with Crippen LogP contribution in [0, 0.1) is 11.8 Å². The van der Waals surface area contributed by atoms with Crippen LogP contribution in [-0.4, -0.2) is 36.3 Å². The molecule has 1 heterocycles. The maximum atomic E-state index is 9.72. The summed E-state index contributed by atoms with van der Waals surface area (Å²) in [5.41, 5.74) is 6.28. The first-order chi connectivity index (χ1) is 8.58. The molecule has 1 saturated carbocycles. The molecule has 0 bridgehead atoms. The van der Waals surface area contributed by atoms with Crippen LogP contribution >= 0.6 is 0 Å². The van der Waals surface area contributed by atoms with E-state index in [0.717, 1.165) is 25.7 Å². The fourth-order valence-electron chi connectivity index (χ4n) is 3.24. The predicted molar refractivity (Wildman–Crippen MR) is 69.9 cm³/mol. The molecule has 2 aliphatic rings. The Morgan fingerprint density at radius 1 is 1.33 bits per heavy atom. The third-order valence-corrected chi connectivity index (χ3v) is 4.42. The van der Waals surface area contributed by atoms with Crippen molar-refractivity contribution in [2.75, 3.05) is 13.2 Å². The van der Waals surface area contributed by atoms with E-state index in [1.54, 1.807) is 13.0 Å². The molecule has 0 aromatic carbocycles. The molecule has 3 unspecified atom stereocenters. The highest BCUT2D eigenvalue weighted by atomic mass is 16.7. The smallest absolute Gasteiger partial charge is 0.168 e. The van der Waals surface area contributed by atoms with Gasteiger partial charge >= 0.3 is 0 Å². The largest absolute Gasteiger partial charge is 0.393 e. The van der Waals surface area contributed by atoms with Gasteiger partial charge in [0.25, 0.3) is 0 Å². The lowest BCUT2D eigenvalue weighted by Crippen LogP contribution is -2.45. The highest BCUT2D eigenvalue weighted by Gasteiger charge is 2.42. The standard InChI is InChI=1S/C14H25NO3/c1-3-12(10(2)16)13(15)11-4-6-14(7-5-11)17-8-9-18-14/h3,10-13,16H,1,4-9,15H2,2H3. The summed E-state index contributed by atoms with van der Waals surface area (Å²) in [4.78, 5) is 0. The van der Waals surface area contributed by atoms with Crippen molar-refractivity contribution < 1.29 is 14.6 Å². The quantitative estimate of drug-likeness (QED) is 0.746. The van der Waals surface area contributed by atoms with E-state index in [1.165, 1.54) is 0 Å². The summed E-state index contributed by atoms with van der Waals surface area (Å²) in [6.45, 7) is 6.97. The first-order valence-corrected chi connectivity index (χ1v) is 6.92. The summed E-state index contributed by atoms with van der Waals surface area (Å²) >= 11 is 0. The van der Waals surface area contributed by atoms with Crippen molar-refractivity contribution in [2.24, 2.45) is 17.6 Å². The van der Waals surface area contributed by atoms with Crippen molar-refractivity contribution in [3.8, 4) is 0 Å². The fourth-order valence-corrected chi connectivity index (χ4v) is 3.24. The summed E-state index contributed by atoms with van der Waals surface area (Å²) in [6, 6.07) is -0.0266. The van der Waals surface area contributed by atoms with E-state index < -0.39 is 6.10 Å². The van der Waals surface area contributed by atoms with Crippen LogP contribution in [0.4, 0.5) is 0 Å². The Bertz CT molecular complexity index is 277. The number of nitrogens with two attached hydrogens (primary N) is 1. The van der Waals surface area contributed by atoms with Crippen molar-refractivity contribution in [3.63, 3.8) is 0 Å². The number of rotatable bonds is 4. The van der Waals surface area contributed by atoms with Gasteiger partial charge in [0.2, 0.25) is 0 Å². The number of aliphatic hydroxyl groups is 1. The van der Waals surface area contributed by atoms with Crippen molar-refractivity contribution >= 4 is 0 Å². The van der Waals surface area contributed by atoms with E-state index in [0.29, 0.717) is 19.1 Å². The first kappa shape index (κ1) is 14.0. The minimum atomic E-state index is -0.438. The second-order valence-electron chi connectivity index (χ2n) is 5.58. The zero-order chi connectivity index (χ0) is 13.2. The molecule has 0 aromatic rings. The molecule has 2 fully saturated rings. The first-order valence-electron chi connectivity index (χ1n) is 6.92. The van der Waals surface area contributed by atoms with Crippen molar-refractivity contribution in [3.05, 3.63) is 12.7 Å². The Labute approximate surface area is 109 Å². The minimum absolute atomic E-state index is 0.0266. The summed E-state index contributed by atoms with van der Waals surface area (Å²) in [5.74, 6) is 0.0561. The zero-order valence-corrected chi connectivity index (χ0v) is 11.2. The third kappa shape index (κ3) is 2.77. The summed E-state index contributed by atoms with van der Waals surface area (Å²) in [5, 5.41) is 9.72. The lowest BCUT2D eigenvalue weighted by Gasteiger charge is -2.39. The number of hydrogen-bond donors (Lipinski definition) is 2. The van der Waals surface area contributed by atoms with Crippen molar-refractivity contribution in [2.45, 2.75) is 50.5 Å². The molecular weight excluding hydrogens is 230 g/mol. The molecule has 1 aliphatic heterocycles. The number of ether oxygens (including phenoxy) is 2. The minimum Gasteiger partial charge on any atom is -0.393 e. The SMILES string of the molecule is C=CC(C(C)O)C(N)C1CCC2(CC1)OCCO2. The molecule has 4 heteroatoms. The van der Waals surface area contributed by atoms with Gasteiger partial charge in [-0.05, 0) is 25.7 Å². The van der Waals surface area contributed by atoms with Gasteiger partial charge in [0, 0.05) is 24.8 Å². The normalized spacial score (nSPS) is 29.1. The third-order valence-electron chi connectivity index (χ3n) is 4.42. The lowest BCUT2D eigenvalue weighted by molar-refractivity contribution is -0.184. The van der Waals surface area contributed by atoms with Gasteiger partial charge in [-0.15, -0.1) is 6.58 Å². The average Bonchev–Trinajstić information content (AvgIpc) is 2.79. The van der Waals surface area contributed by atoms with E-state index in [2.05, 4.69) is 6.58 Å². The molecule has 3 atom stereocenters. The molecule has 0 aromatic heterocycles. The van der Waals surface area contributed by atoms with E-state index in [9.17, 15) is 5.11 Å². The highest BCUT2D eigenvalue weighted by molar-refractivity contribution is 4.96. The molecular formula is C14H25NO3. The maximum Gasteiger partial charge on any atom is 0.168 e. The van der Waals surface area contributed by atoms with E-state index in [4.69, 9.17) is 15.2 Å². The molecule has 0 radical (unpaired) electrons.